The quantitative estimate of drug-likeness (QED) is 0.849. The minimum Gasteiger partial charge on any atom is -0.311 e. The van der Waals surface area contributed by atoms with Gasteiger partial charge in [-0.15, -0.1) is 0 Å². The van der Waals surface area contributed by atoms with Gasteiger partial charge in [-0.2, -0.15) is 0 Å². The van der Waals surface area contributed by atoms with Crippen molar-refractivity contribution < 1.29 is 0 Å². The van der Waals surface area contributed by atoms with Crippen LogP contribution in [0.2, 0.25) is 0 Å². The summed E-state index contributed by atoms with van der Waals surface area (Å²) in [5.41, 5.74) is 1.08. The van der Waals surface area contributed by atoms with Crippen LogP contribution in [-0.4, -0.2) is 37.1 Å². The normalized spacial score (nSPS) is 35.1. The molecule has 0 spiro atoms. The van der Waals surface area contributed by atoms with Crippen LogP contribution in [0.3, 0.4) is 0 Å². The van der Waals surface area contributed by atoms with Crippen LogP contribution in [0.25, 0.3) is 0 Å². The summed E-state index contributed by atoms with van der Waals surface area (Å²) in [6.07, 6.45) is 7.33. The van der Waals surface area contributed by atoms with Crippen molar-refractivity contribution in [3.05, 3.63) is 0 Å². The maximum absolute atomic E-state index is 3.81. The Balaban J connectivity index is 1.54. The summed E-state index contributed by atoms with van der Waals surface area (Å²) in [5.74, 6) is 1.84. The van der Waals surface area contributed by atoms with Gasteiger partial charge in [-0.25, -0.2) is 0 Å². The van der Waals surface area contributed by atoms with Crippen LogP contribution >= 0.6 is 0 Å². The Labute approximate surface area is 125 Å². The third-order valence-electron chi connectivity index (χ3n) is 7.27. The van der Waals surface area contributed by atoms with E-state index in [0.717, 1.165) is 17.9 Å². The van der Waals surface area contributed by atoms with Crippen molar-refractivity contribution in [3.63, 3.8) is 0 Å². The van der Waals surface area contributed by atoms with Crippen molar-refractivity contribution in [1.29, 1.82) is 0 Å². The summed E-state index contributed by atoms with van der Waals surface area (Å²) in [5, 5.41) is 3.81. The smallest absolute Gasteiger partial charge is 0.0223 e. The Morgan fingerprint density at radius 3 is 2.25 bits per heavy atom. The second kappa shape index (κ2) is 5.28. The van der Waals surface area contributed by atoms with E-state index in [-0.39, 0.29) is 0 Å². The van der Waals surface area contributed by atoms with Crippen LogP contribution < -0.4 is 5.32 Å². The zero-order valence-electron chi connectivity index (χ0n) is 14.0. The summed E-state index contributed by atoms with van der Waals surface area (Å²) in [7, 11) is 0. The molecule has 2 saturated carbocycles. The Kier molecular flexibility index (Phi) is 3.92. The SMILES string of the molecule is CC1(C)C(CN2CCNC(C3CCCCC3)C2)C1(C)C. The van der Waals surface area contributed by atoms with Crippen molar-refractivity contribution in [1.82, 2.24) is 10.2 Å². The van der Waals surface area contributed by atoms with Crippen molar-refractivity contribution in [2.75, 3.05) is 26.2 Å². The predicted octanol–water partition coefficient (Wildman–Crippen LogP) is 3.52. The number of piperazine rings is 1. The average Bonchev–Trinajstić information content (AvgIpc) is 2.83. The molecule has 1 aliphatic heterocycles. The molecule has 0 bridgehead atoms. The van der Waals surface area contributed by atoms with E-state index in [1.165, 1.54) is 58.3 Å². The van der Waals surface area contributed by atoms with Gasteiger partial charge in [-0.1, -0.05) is 47.0 Å². The third-order valence-corrected chi connectivity index (χ3v) is 7.27. The minimum absolute atomic E-state index is 0.540. The first-order chi connectivity index (χ1) is 9.43. The first-order valence-electron chi connectivity index (χ1n) is 8.88. The minimum atomic E-state index is 0.540. The topological polar surface area (TPSA) is 15.3 Å². The van der Waals surface area contributed by atoms with Gasteiger partial charge in [-0.3, -0.25) is 0 Å². The number of hydrogen-bond donors (Lipinski definition) is 1. The molecular weight excluding hydrogens is 244 g/mol. The van der Waals surface area contributed by atoms with Gasteiger partial charge < -0.3 is 10.2 Å². The van der Waals surface area contributed by atoms with E-state index in [0.29, 0.717) is 10.8 Å². The largest absolute Gasteiger partial charge is 0.311 e. The predicted molar refractivity (Wildman–Crippen MR) is 85.9 cm³/mol. The van der Waals surface area contributed by atoms with Gasteiger partial charge in [0.25, 0.3) is 0 Å². The van der Waals surface area contributed by atoms with Gasteiger partial charge in [0.1, 0.15) is 0 Å². The molecule has 0 radical (unpaired) electrons. The summed E-state index contributed by atoms with van der Waals surface area (Å²) in [6.45, 7) is 14.9. The van der Waals surface area contributed by atoms with E-state index in [4.69, 9.17) is 0 Å². The fourth-order valence-electron chi connectivity index (χ4n) is 4.91. The van der Waals surface area contributed by atoms with Gasteiger partial charge >= 0.3 is 0 Å². The number of nitrogens with zero attached hydrogens (tertiary/aromatic N) is 1. The van der Waals surface area contributed by atoms with E-state index >= 15 is 0 Å². The van der Waals surface area contributed by atoms with E-state index in [1.54, 1.807) is 0 Å². The summed E-state index contributed by atoms with van der Waals surface area (Å²) in [4.78, 5) is 2.76. The van der Waals surface area contributed by atoms with Gasteiger partial charge in [0.05, 0.1) is 0 Å². The Bertz CT molecular complexity index is 327. The lowest BCUT2D eigenvalue weighted by Crippen LogP contribution is -2.54. The molecule has 3 rings (SSSR count). The fourth-order valence-corrected chi connectivity index (χ4v) is 4.91. The van der Waals surface area contributed by atoms with Crippen molar-refractivity contribution in [2.24, 2.45) is 22.7 Å². The monoisotopic (exact) mass is 278 g/mol. The summed E-state index contributed by atoms with van der Waals surface area (Å²) < 4.78 is 0. The molecule has 0 aromatic rings. The molecule has 1 atom stereocenters. The molecule has 3 aliphatic rings. The van der Waals surface area contributed by atoms with Gasteiger partial charge in [-0.05, 0) is 35.5 Å². The molecule has 1 heterocycles. The number of nitrogens with one attached hydrogen (secondary N) is 1. The number of hydrogen-bond acceptors (Lipinski definition) is 2. The molecule has 116 valence electrons. The zero-order chi connectivity index (χ0) is 14.4. The lowest BCUT2D eigenvalue weighted by Gasteiger charge is -2.39. The van der Waals surface area contributed by atoms with Gasteiger partial charge in [0, 0.05) is 32.2 Å². The van der Waals surface area contributed by atoms with Crippen LogP contribution in [-0.2, 0) is 0 Å². The average molecular weight is 278 g/mol. The third kappa shape index (κ3) is 2.54. The maximum Gasteiger partial charge on any atom is 0.0223 e. The highest BCUT2D eigenvalue weighted by atomic mass is 15.2. The van der Waals surface area contributed by atoms with Crippen LogP contribution in [0.4, 0.5) is 0 Å². The van der Waals surface area contributed by atoms with Crippen molar-refractivity contribution >= 4 is 0 Å². The first kappa shape index (κ1) is 14.8. The first-order valence-corrected chi connectivity index (χ1v) is 8.88. The molecule has 20 heavy (non-hydrogen) atoms. The number of rotatable bonds is 3. The standard InChI is InChI=1S/C18H34N2/c1-17(2)16(18(17,3)4)13-20-11-10-19-15(12-20)14-8-6-5-7-9-14/h14-16,19H,5-13H2,1-4H3. The molecule has 2 nitrogen and oxygen atoms in total. The molecule has 0 aromatic heterocycles. The highest BCUT2D eigenvalue weighted by Crippen LogP contribution is 2.68. The molecule has 0 amide bonds. The second-order valence-electron chi connectivity index (χ2n) is 8.71. The van der Waals surface area contributed by atoms with E-state index in [2.05, 4.69) is 37.9 Å². The van der Waals surface area contributed by atoms with E-state index < -0.39 is 0 Å². The van der Waals surface area contributed by atoms with E-state index in [9.17, 15) is 0 Å². The molecule has 1 saturated heterocycles. The molecule has 1 unspecified atom stereocenters. The highest BCUT2D eigenvalue weighted by molar-refractivity contribution is 5.13. The Morgan fingerprint density at radius 2 is 1.65 bits per heavy atom. The molecular formula is C18H34N2. The van der Waals surface area contributed by atoms with Crippen molar-refractivity contribution in [3.8, 4) is 0 Å². The van der Waals surface area contributed by atoms with Crippen LogP contribution in [0.5, 0.6) is 0 Å². The van der Waals surface area contributed by atoms with Gasteiger partial charge in [0.2, 0.25) is 0 Å². The summed E-state index contributed by atoms with van der Waals surface area (Å²) in [6, 6.07) is 0.772. The molecule has 2 heteroatoms. The van der Waals surface area contributed by atoms with Crippen LogP contribution in [0, 0.1) is 22.7 Å². The zero-order valence-corrected chi connectivity index (χ0v) is 14.0. The van der Waals surface area contributed by atoms with Crippen molar-refractivity contribution in [2.45, 2.75) is 65.8 Å². The van der Waals surface area contributed by atoms with Crippen LogP contribution in [0.1, 0.15) is 59.8 Å². The van der Waals surface area contributed by atoms with Crippen LogP contribution in [0.15, 0.2) is 0 Å². The molecule has 0 aromatic carbocycles. The molecule has 1 N–H and O–H groups in total. The highest BCUT2D eigenvalue weighted by Gasteiger charge is 2.64. The fraction of sp³-hybridized carbons (Fsp3) is 1.00. The molecule has 2 aliphatic carbocycles. The van der Waals surface area contributed by atoms with E-state index in [1.807, 2.05) is 0 Å². The Morgan fingerprint density at radius 1 is 1.00 bits per heavy atom. The second-order valence-corrected chi connectivity index (χ2v) is 8.71. The Hall–Kier alpha value is -0.0800. The van der Waals surface area contributed by atoms with Gasteiger partial charge in [0.15, 0.2) is 0 Å². The lowest BCUT2D eigenvalue weighted by atomic mass is 9.83. The lowest BCUT2D eigenvalue weighted by molar-refractivity contribution is 0.136. The summed E-state index contributed by atoms with van der Waals surface area (Å²) >= 11 is 0. The molecule has 3 fully saturated rings. The maximum atomic E-state index is 3.81.